The van der Waals surface area contributed by atoms with Crippen LogP contribution in [0.5, 0.6) is 0 Å². The third-order valence-corrected chi connectivity index (χ3v) is 1.73. The van der Waals surface area contributed by atoms with Crippen LogP contribution in [0.2, 0.25) is 0 Å². The molecule has 0 aliphatic heterocycles. The molecule has 0 aromatic heterocycles. The van der Waals surface area contributed by atoms with E-state index in [1.54, 1.807) is 0 Å². The van der Waals surface area contributed by atoms with E-state index in [1.807, 2.05) is 18.2 Å². The smallest absolute Gasteiger partial charge is 0.0192 e. The molecule has 10 heavy (non-hydrogen) atoms. The summed E-state index contributed by atoms with van der Waals surface area (Å²) in [6.07, 6.45) is 8.13. The molecule has 1 aliphatic rings. The van der Waals surface area contributed by atoms with Crippen LogP contribution in [0.15, 0.2) is 24.3 Å². The van der Waals surface area contributed by atoms with Gasteiger partial charge in [0, 0.05) is 18.4 Å². The molecule has 1 rings (SSSR count). The summed E-state index contributed by atoms with van der Waals surface area (Å²) in [5, 5.41) is 0. The van der Waals surface area contributed by atoms with Crippen LogP contribution in [0, 0.1) is 11.8 Å². The predicted molar refractivity (Wildman–Crippen MR) is 43.1 cm³/mol. The highest BCUT2D eigenvalue weighted by atomic mass is 14.6. The molecule has 0 heterocycles. The van der Waals surface area contributed by atoms with Crippen LogP contribution in [0.1, 0.15) is 0 Å². The second kappa shape index (κ2) is 3.54. The van der Waals surface area contributed by atoms with E-state index in [9.17, 15) is 0 Å². The Morgan fingerprint density at radius 2 is 2.10 bits per heavy atom. The molecule has 0 bridgehead atoms. The maximum atomic E-state index is 5.51. The Kier molecular flexibility index (Phi) is 2.66. The Balaban J connectivity index is 2.55. The molecular weight excluding hydrogens is 124 g/mol. The molecule has 1 radical (unpaired) electrons. The quantitative estimate of drug-likeness (QED) is 0.572. The van der Waals surface area contributed by atoms with Crippen molar-refractivity contribution in [2.45, 2.75) is 0 Å². The summed E-state index contributed by atoms with van der Waals surface area (Å²) < 4.78 is 0. The summed E-state index contributed by atoms with van der Waals surface area (Å²) in [5.41, 5.74) is 11.0. The molecule has 2 heteroatoms. The Bertz CT molecular complexity index is 131. The van der Waals surface area contributed by atoms with Gasteiger partial charge in [-0.05, 0) is 6.54 Å². The molecule has 0 saturated carbocycles. The van der Waals surface area contributed by atoms with Gasteiger partial charge in [0.05, 0.1) is 0 Å². The first-order valence-electron chi connectivity index (χ1n) is 3.49. The molecule has 1 unspecified atom stereocenters. The zero-order chi connectivity index (χ0) is 7.40. The highest BCUT2D eigenvalue weighted by molar-refractivity contribution is 5.28. The maximum absolute atomic E-state index is 5.51. The molecule has 0 saturated heterocycles. The number of hydrogen-bond donors (Lipinski definition) is 2. The molecule has 0 aromatic carbocycles. The summed E-state index contributed by atoms with van der Waals surface area (Å²) in [7, 11) is 0. The summed E-state index contributed by atoms with van der Waals surface area (Å²) >= 11 is 0. The molecule has 0 amide bonds. The van der Waals surface area contributed by atoms with Gasteiger partial charge in [-0.15, -0.1) is 0 Å². The lowest BCUT2D eigenvalue weighted by atomic mass is 9.89. The molecule has 1 atom stereocenters. The van der Waals surface area contributed by atoms with Gasteiger partial charge in [-0.3, -0.25) is 0 Å². The van der Waals surface area contributed by atoms with E-state index in [0.29, 0.717) is 19.0 Å². The van der Waals surface area contributed by atoms with Crippen LogP contribution < -0.4 is 11.5 Å². The van der Waals surface area contributed by atoms with Crippen molar-refractivity contribution in [3.8, 4) is 0 Å². The summed E-state index contributed by atoms with van der Waals surface area (Å²) in [4.78, 5) is 0. The fourth-order valence-corrected chi connectivity index (χ4v) is 1.07. The van der Waals surface area contributed by atoms with E-state index in [0.717, 1.165) is 0 Å². The standard InChI is InChI=1S/C8H13N2/c9-5-7-3-1-2-4-8(7)6-10/h1-4,7H,5-6,9-10H2. The average Bonchev–Trinajstić information content (AvgIpc) is 2.04. The molecule has 55 valence electrons. The van der Waals surface area contributed by atoms with Crippen molar-refractivity contribution in [1.29, 1.82) is 0 Å². The van der Waals surface area contributed by atoms with Gasteiger partial charge >= 0.3 is 0 Å². The normalized spacial score (nSPS) is 25.6. The Labute approximate surface area is 61.6 Å². The van der Waals surface area contributed by atoms with E-state index >= 15 is 0 Å². The zero-order valence-electron chi connectivity index (χ0n) is 5.96. The lowest BCUT2D eigenvalue weighted by molar-refractivity contribution is 0.679. The first-order chi connectivity index (χ1) is 4.88. The van der Waals surface area contributed by atoms with Crippen molar-refractivity contribution in [2.75, 3.05) is 13.1 Å². The largest absolute Gasteiger partial charge is 0.330 e. The van der Waals surface area contributed by atoms with E-state index < -0.39 is 0 Å². The number of nitrogens with two attached hydrogens (primary N) is 2. The second-order valence-corrected chi connectivity index (χ2v) is 2.37. The van der Waals surface area contributed by atoms with Crippen molar-refractivity contribution >= 4 is 0 Å². The van der Waals surface area contributed by atoms with E-state index in [4.69, 9.17) is 11.5 Å². The van der Waals surface area contributed by atoms with Gasteiger partial charge < -0.3 is 11.5 Å². The van der Waals surface area contributed by atoms with Crippen molar-refractivity contribution in [1.82, 2.24) is 0 Å². The predicted octanol–water partition coefficient (Wildman–Crippen LogP) is 0.220. The monoisotopic (exact) mass is 137 g/mol. The first-order valence-corrected chi connectivity index (χ1v) is 3.49. The summed E-state index contributed by atoms with van der Waals surface area (Å²) in [5.74, 6) is 1.60. The van der Waals surface area contributed by atoms with Gasteiger partial charge in [-0.2, -0.15) is 0 Å². The highest BCUT2D eigenvalue weighted by Crippen LogP contribution is 2.18. The molecule has 0 spiro atoms. The summed E-state index contributed by atoms with van der Waals surface area (Å²) in [6, 6.07) is 0. The fraction of sp³-hybridized carbons (Fsp3) is 0.375. The van der Waals surface area contributed by atoms with Gasteiger partial charge in [0.25, 0.3) is 0 Å². The topological polar surface area (TPSA) is 52.0 Å². The summed E-state index contributed by atoms with van der Waals surface area (Å²) in [6.45, 7) is 1.27. The van der Waals surface area contributed by atoms with E-state index in [1.165, 1.54) is 5.92 Å². The van der Waals surface area contributed by atoms with Crippen molar-refractivity contribution in [3.63, 3.8) is 0 Å². The minimum absolute atomic E-state index is 0.370. The van der Waals surface area contributed by atoms with Crippen LogP contribution in [-0.4, -0.2) is 13.1 Å². The first kappa shape index (κ1) is 7.51. The third kappa shape index (κ3) is 1.46. The Morgan fingerprint density at radius 1 is 1.30 bits per heavy atom. The number of allylic oxidation sites excluding steroid dienone is 2. The highest BCUT2D eigenvalue weighted by Gasteiger charge is 2.15. The molecule has 0 aromatic rings. The van der Waals surface area contributed by atoms with Crippen molar-refractivity contribution < 1.29 is 0 Å². The van der Waals surface area contributed by atoms with E-state index in [2.05, 4.69) is 6.08 Å². The minimum atomic E-state index is 0.370. The minimum Gasteiger partial charge on any atom is -0.330 e. The van der Waals surface area contributed by atoms with Gasteiger partial charge in [0.15, 0.2) is 0 Å². The zero-order valence-corrected chi connectivity index (χ0v) is 5.96. The molecule has 0 fully saturated rings. The average molecular weight is 137 g/mol. The number of hydrogen-bond acceptors (Lipinski definition) is 2. The van der Waals surface area contributed by atoms with Gasteiger partial charge in [0.2, 0.25) is 0 Å². The maximum Gasteiger partial charge on any atom is 0.0192 e. The number of rotatable bonds is 2. The van der Waals surface area contributed by atoms with E-state index in [-0.39, 0.29) is 0 Å². The molecule has 2 nitrogen and oxygen atoms in total. The van der Waals surface area contributed by atoms with Crippen molar-refractivity contribution in [2.24, 2.45) is 17.4 Å². The van der Waals surface area contributed by atoms with Crippen LogP contribution in [0.3, 0.4) is 0 Å². The lowest BCUT2D eigenvalue weighted by Crippen LogP contribution is -2.25. The lowest BCUT2D eigenvalue weighted by Gasteiger charge is -2.19. The van der Waals surface area contributed by atoms with Gasteiger partial charge in [0.1, 0.15) is 0 Å². The van der Waals surface area contributed by atoms with Crippen LogP contribution in [-0.2, 0) is 0 Å². The second-order valence-electron chi connectivity index (χ2n) is 2.37. The fourth-order valence-electron chi connectivity index (χ4n) is 1.07. The SMILES string of the molecule is NC[C]1C=CC=CC1CN. The molecule has 4 N–H and O–H groups in total. The molecule has 1 aliphatic carbocycles. The Morgan fingerprint density at radius 3 is 2.60 bits per heavy atom. The Hall–Kier alpha value is -0.600. The van der Waals surface area contributed by atoms with Gasteiger partial charge in [-0.1, -0.05) is 24.3 Å². The van der Waals surface area contributed by atoms with Crippen LogP contribution in [0.25, 0.3) is 0 Å². The van der Waals surface area contributed by atoms with Gasteiger partial charge in [-0.25, -0.2) is 0 Å². The van der Waals surface area contributed by atoms with Crippen LogP contribution >= 0.6 is 0 Å². The third-order valence-electron chi connectivity index (χ3n) is 1.73. The molecular formula is C8H13N2. The van der Waals surface area contributed by atoms with Crippen molar-refractivity contribution in [3.05, 3.63) is 30.2 Å². The van der Waals surface area contributed by atoms with Crippen LogP contribution in [0.4, 0.5) is 0 Å².